The highest BCUT2D eigenvalue weighted by Crippen LogP contribution is 2.21. The van der Waals surface area contributed by atoms with E-state index >= 15 is 0 Å². The van der Waals surface area contributed by atoms with Crippen LogP contribution in [0.5, 0.6) is 0 Å². The van der Waals surface area contributed by atoms with Crippen molar-refractivity contribution in [1.82, 2.24) is 4.90 Å². The number of carbonyl (C=O) groups is 1. The fourth-order valence-electron chi connectivity index (χ4n) is 2.00. The van der Waals surface area contributed by atoms with Crippen molar-refractivity contribution < 1.29 is 4.79 Å². The quantitative estimate of drug-likeness (QED) is 0.716. The molecule has 0 fully saturated rings. The summed E-state index contributed by atoms with van der Waals surface area (Å²) in [5, 5.41) is 1.60. The van der Waals surface area contributed by atoms with Gasteiger partial charge in [0.1, 0.15) is 0 Å². The van der Waals surface area contributed by atoms with Gasteiger partial charge in [0.05, 0.1) is 11.6 Å². The van der Waals surface area contributed by atoms with Gasteiger partial charge in [-0.25, -0.2) is 0 Å². The molecule has 0 saturated carbocycles. The monoisotopic (exact) mass is 341 g/mol. The van der Waals surface area contributed by atoms with Gasteiger partial charge < -0.3 is 0 Å². The van der Waals surface area contributed by atoms with Crippen LogP contribution in [0.1, 0.15) is 15.9 Å². The number of hydrogen-bond acceptors (Lipinski definition) is 2. The van der Waals surface area contributed by atoms with E-state index in [-0.39, 0.29) is 12.3 Å². The molecule has 0 amide bonds. The normalized spacial score (nSPS) is 10.9. The summed E-state index contributed by atoms with van der Waals surface area (Å²) in [7, 11) is 1.89. The van der Waals surface area contributed by atoms with Crippen LogP contribution in [0.3, 0.4) is 0 Å². The SMILES string of the molecule is CN(CC(=O)c1ccc(Cl)cc1Cl)Cc1ccc(Cl)cc1. The molecule has 0 aliphatic rings. The first kappa shape index (κ1) is 16.3. The third-order valence-electron chi connectivity index (χ3n) is 3.01. The zero-order chi connectivity index (χ0) is 15.4. The Balaban J connectivity index is 2.00. The molecule has 0 radical (unpaired) electrons. The molecule has 5 heteroatoms. The molecule has 2 aromatic rings. The third-order valence-corrected chi connectivity index (χ3v) is 3.81. The average molecular weight is 343 g/mol. The summed E-state index contributed by atoms with van der Waals surface area (Å²) in [6.45, 7) is 0.943. The zero-order valence-corrected chi connectivity index (χ0v) is 13.7. The molecule has 0 atom stereocenters. The van der Waals surface area contributed by atoms with E-state index in [1.165, 1.54) is 0 Å². The Morgan fingerprint density at radius 2 is 1.62 bits per heavy atom. The first-order chi connectivity index (χ1) is 9.95. The lowest BCUT2D eigenvalue weighted by molar-refractivity contribution is 0.0943. The molecular formula is C16H14Cl3NO. The molecule has 0 bridgehead atoms. The van der Waals surface area contributed by atoms with E-state index in [4.69, 9.17) is 34.8 Å². The Bertz CT molecular complexity index is 640. The molecule has 21 heavy (non-hydrogen) atoms. The number of carbonyl (C=O) groups excluding carboxylic acids is 1. The maximum absolute atomic E-state index is 12.2. The molecule has 2 nitrogen and oxygen atoms in total. The Hall–Kier alpha value is -1.06. The minimum Gasteiger partial charge on any atom is -0.295 e. The van der Waals surface area contributed by atoms with Gasteiger partial charge in [0.25, 0.3) is 0 Å². The van der Waals surface area contributed by atoms with Crippen LogP contribution in [-0.4, -0.2) is 24.3 Å². The van der Waals surface area contributed by atoms with Crippen LogP contribution < -0.4 is 0 Å². The van der Waals surface area contributed by atoms with Crippen molar-refractivity contribution in [2.45, 2.75) is 6.54 Å². The summed E-state index contributed by atoms with van der Waals surface area (Å²) in [5.74, 6) is -0.0341. The number of benzene rings is 2. The highest BCUT2D eigenvalue weighted by Gasteiger charge is 2.13. The lowest BCUT2D eigenvalue weighted by Crippen LogP contribution is -2.25. The number of likely N-dealkylation sites (N-methyl/N-ethyl adjacent to an activating group) is 1. The predicted octanol–water partition coefficient (Wildman–Crippen LogP) is 4.96. The number of ketones is 1. The van der Waals surface area contributed by atoms with Crippen molar-refractivity contribution in [1.29, 1.82) is 0 Å². The molecule has 110 valence electrons. The van der Waals surface area contributed by atoms with E-state index in [0.29, 0.717) is 27.2 Å². The first-order valence-corrected chi connectivity index (χ1v) is 7.50. The molecule has 2 aromatic carbocycles. The van der Waals surface area contributed by atoms with E-state index < -0.39 is 0 Å². The summed E-state index contributed by atoms with van der Waals surface area (Å²) in [6, 6.07) is 12.5. The summed E-state index contributed by atoms with van der Waals surface area (Å²) in [5.41, 5.74) is 1.58. The van der Waals surface area contributed by atoms with E-state index in [1.807, 2.05) is 36.2 Å². The van der Waals surface area contributed by atoms with Gasteiger partial charge in [0.15, 0.2) is 5.78 Å². The third kappa shape index (κ3) is 4.72. The predicted molar refractivity (Wildman–Crippen MR) is 88.6 cm³/mol. The summed E-state index contributed by atoms with van der Waals surface area (Å²) in [4.78, 5) is 14.2. The van der Waals surface area contributed by atoms with Crippen LogP contribution in [0.15, 0.2) is 42.5 Å². The summed E-state index contributed by atoms with van der Waals surface area (Å²) < 4.78 is 0. The number of nitrogens with zero attached hydrogens (tertiary/aromatic N) is 1. The van der Waals surface area contributed by atoms with Crippen molar-refractivity contribution >= 4 is 40.6 Å². The van der Waals surface area contributed by atoms with Crippen LogP contribution in [0.4, 0.5) is 0 Å². The number of hydrogen-bond donors (Lipinski definition) is 0. The second kappa shape index (κ2) is 7.28. The van der Waals surface area contributed by atoms with Gasteiger partial charge in [0.2, 0.25) is 0 Å². The van der Waals surface area contributed by atoms with Crippen molar-refractivity contribution in [3.8, 4) is 0 Å². The second-order valence-electron chi connectivity index (χ2n) is 4.85. The molecule has 0 aliphatic heterocycles. The molecule has 0 aliphatic carbocycles. The fourth-order valence-corrected chi connectivity index (χ4v) is 2.64. The maximum Gasteiger partial charge on any atom is 0.178 e. The highest BCUT2D eigenvalue weighted by atomic mass is 35.5. The van der Waals surface area contributed by atoms with E-state index in [0.717, 1.165) is 5.56 Å². The van der Waals surface area contributed by atoms with Crippen LogP contribution in [0, 0.1) is 0 Å². The summed E-state index contributed by atoms with van der Waals surface area (Å²) in [6.07, 6.45) is 0. The van der Waals surface area contributed by atoms with E-state index in [1.54, 1.807) is 18.2 Å². The molecule has 0 saturated heterocycles. The largest absolute Gasteiger partial charge is 0.295 e. The Morgan fingerprint density at radius 1 is 1.00 bits per heavy atom. The average Bonchev–Trinajstić information content (AvgIpc) is 2.41. The number of rotatable bonds is 5. The highest BCUT2D eigenvalue weighted by molar-refractivity contribution is 6.36. The molecular weight excluding hydrogens is 329 g/mol. The lowest BCUT2D eigenvalue weighted by Gasteiger charge is -2.16. The van der Waals surface area contributed by atoms with Crippen molar-refractivity contribution in [2.75, 3.05) is 13.6 Å². The van der Waals surface area contributed by atoms with Crippen molar-refractivity contribution in [3.05, 3.63) is 68.7 Å². The second-order valence-corrected chi connectivity index (χ2v) is 6.13. The molecule has 0 spiro atoms. The van der Waals surface area contributed by atoms with Gasteiger partial charge in [-0.05, 0) is 42.9 Å². The van der Waals surface area contributed by atoms with Crippen LogP contribution >= 0.6 is 34.8 Å². The molecule has 0 unspecified atom stereocenters. The van der Waals surface area contributed by atoms with Crippen LogP contribution in [-0.2, 0) is 6.54 Å². The van der Waals surface area contributed by atoms with Gasteiger partial charge >= 0.3 is 0 Å². The van der Waals surface area contributed by atoms with Crippen molar-refractivity contribution in [2.24, 2.45) is 0 Å². The maximum atomic E-state index is 12.2. The zero-order valence-electron chi connectivity index (χ0n) is 11.4. The smallest absolute Gasteiger partial charge is 0.178 e. The minimum atomic E-state index is -0.0341. The number of Topliss-reactive ketones (excluding diaryl/α,β-unsaturated/α-hetero) is 1. The Morgan fingerprint density at radius 3 is 2.24 bits per heavy atom. The van der Waals surface area contributed by atoms with Gasteiger partial charge in [-0.1, -0.05) is 46.9 Å². The van der Waals surface area contributed by atoms with Crippen LogP contribution in [0.25, 0.3) is 0 Å². The molecule has 2 rings (SSSR count). The van der Waals surface area contributed by atoms with E-state index in [9.17, 15) is 4.79 Å². The lowest BCUT2D eigenvalue weighted by atomic mass is 10.1. The van der Waals surface area contributed by atoms with Gasteiger partial charge in [-0.15, -0.1) is 0 Å². The number of halogens is 3. The first-order valence-electron chi connectivity index (χ1n) is 6.37. The van der Waals surface area contributed by atoms with E-state index in [2.05, 4.69) is 0 Å². The van der Waals surface area contributed by atoms with Gasteiger partial charge in [0, 0.05) is 22.2 Å². The fraction of sp³-hybridized carbons (Fsp3) is 0.188. The van der Waals surface area contributed by atoms with Gasteiger partial charge in [-0.2, -0.15) is 0 Å². The summed E-state index contributed by atoms with van der Waals surface area (Å²) >= 11 is 17.7. The topological polar surface area (TPSA) is 20.3 Å². The van der Waals surface area contributed by atoms with Crippen LogP contribution in [0.2, 0.25) is 15.1 Å². The standard InChI is InChI=1S/C16H14Cl3NO/c1-20(9-11-2-4-12(17)5-3-11)10-16(21)14-7-6-13(18)8-15(14)19/h2-8H,9-10H2,1H3. The van der Waals surface area contributed by atoms with Crippen molar-refractivity contribution in [3.63, 3.8) is 0 Å². The molecule has 0 N–H and O–H groups in total. The van der Waals surface area contributed by atoms with Gasteiger partial charge in [-0.3, -0.25) is 9.69 Å². The molecule has 0 aromatic heterocycles. The molecule has 0 heterocycles. The Kier molecular flexibility index (Phi) is 5.65. The Labute approximate surface area is 139 Å². The minimum absolute atomic E-state index is 0.0341.